The predicted molar refractivity (Wildman–Crippen MR) is 48.2 cm³/mol. The summed E-state index contributed by atoms with van der Waals surface area (Å²) in [4.78, 5) is 10.6. The van der Waals surface area contributed by atoms with Gasteiger partial charge in [-0.05, 0) is 0 Å². The van der Waals surface area contributed by atoms with E-state index in [0.717, 1.165) is 0 Å². The second-order valence-electron chi connectivity index (χ2n) is 2.55. The van der Waals surface area contributed by atoms with Gasteiger partial charge in [-0.1, -0.05) is 0 Å². The molecule has 4 nitrogen and oxygen atoms in total. The molecule has 1 amide bonds. The molecule has 1 unspecified atom stereocenters. The van der Waals surface area contributed by atoms with Gasteiger partial charge in [0, 0.05) is 0 Å². The molecule has 0 bridgehead atoms. The number of anilines is 1. The third-order valence-corrected chi connectivity index (χ3v) is 3.74. The molecule has 0 radical (unpaired) electrons. The van der Waals surface area contributed by atoms with Gasteiger partial charge in [-0.2, -0.15) is 0 Å². The van der Waals surface area contributed by atoms with Crippen LogP contribution in [0.15, 0.2) is 24.3 Å². The van der Waals surface area contributed by atoms with Crippen molar-refractivity contribution < 1.29 is 40.8 Å². The molecule has 0 heterocycles. The van der Waals surface area contributed by atoms with E-state index in [9.17, 15) is 11.2 Å². The zero-order chi connectivity index (χ0) is 9.84. The van der Waals surface area contributed by atoms with E-state index in [2.05, 4.69) is 5.32 Å². The van der Waals surface area contributed by atoms with Gasteiger partial charge in [-0.25, -0.2) is 0 Å². The quantitative estimate of drug-likeness (QED) is 0.564. The van der Waals surface area contributed by atoms with Gasteiger partial charge in [0.2, 0.25) is 0 Å². The number of carbonyl (C=O) groups excluding carboxylic acids is 1. The van der Waals surface area contributed by atoms with Crippen LogP contribution in [-0.2, 0) is 7.81 Å². The summed E-state index contributed by atoms with van der Waals surface area (Å²) in [5.41, 5.74) is 0.612. The summed E-state index contributed by atoms with van der Waals surface area (Å²) in [7, 11) is 0. The van der Waals surface area contributed by atoms with Crippen LogP contribution in [0.25, 0.3) is 0 Å². The summed E-state index contributed by atoms with van der Waals surface area (Å²) < 4.78 is 21.6. The van der Waals surface area contributed by atoms with Crippen LogP contribution in [0.2, 0.25) is 0 Å². The Balaban J connectivity index is 0.00000169. The molecule has 0 aliphatic heterocycles. The van der Waals surface area contributed by atoms with Gasteiger partial charge in [0.1, 0.15) is 0 Å². The van der Waals surface area contributed by atoms with Crippen LogP contribution in [0.1, 0.15) is 6.92 Å². The summed E-state index contributed by atoms with van der Waals surface area (Å²) in [6.45, 7) is 1.40. The largest absolute Gasteiger partial charge is 1.00 e. The molecule has 0 spiro atoms. The zero-order valence-electron chi connectivity index (χ0n) is 8.03. The molecule has 70 valence electrons. The first-order valence-electron chi connectivity index (χ1n) is 3.68. The second-order valence-corrected chi connectivity index (χ2v) is 5.83. The fraction of sp³-hybridized carbons (Fsp3) is 0.125. The monoisotopic (exact) mass is 311 g/mol. The number of hydrogen-bond donors (Lipinski definition) is 1. The average Bonchev–Trinajstić information content (AvgIpc) is 2.04. The number of hydrogen-bond acceptors (Lipinski definition) is 3. The maximum Gasteiger partial charge on any atom is 1.00 e. The van der Waals surface area contributed by atoms with Crippen molar-refractivity contribution >= 4 is 35.7 Å². The first kappa shape index (κ1) is 14.3. The van der Waals surface area contributed by atoms with E-state index in [-0.39, 0.29) is 35.5 Å². The summed E-state index contributed by atoms with van der Waals surface area (Å²) in [5.74, 6) is -0.170. The third-order valence-electron chi connectivity index (χ3n) is 1.44. The Morgan fingerprint density at radius 3 is 2.21 bits per heavy atom. The van der Waals surface area contributed by atoms with E-state index in [0.29, 0.717) is 9.20 Å². The molecule has 14 heavy (non-hydrogen) atoms. The van der Waals surface area contributed by atoms with Gasteiger partial charge in [-0.3, -0.25) is 0 Å². The summed E-state index contributed by atoms with van der Waals surface area (Å²) in [5, 5.41) is 2.55. The maximum atomic E-state index is 10.6. The molecule has 1 rings (SSSR count). The van der Waals surface area contributed by atoms with E-state index < -0.39 is 20.6 Å². The first-order chi connectivity index (χ1) is 6.09. The molecular weight excluding hydrogens is 303 g/mol. The minimum atomic E-state index is -3.71. The number of carbonyl (C=O) groups is 1. The number of nitrogens with one attached hydrogen (secondary N) is 1. The minimum Gasteiger partial charge on any atom is 1.00 e. The molecule has 0 saturated carbocycles. The molecule has 0 aliphatic carbocycles. The van der Waals surface area contributed by atoms with Crippen LogP contribution in [0.3, 0.4) is 0 Å². The SMILES string of the molecule is CC(=O)Nc1cc[c]([SbH](=[O])[O-])cc1.[Na+]. The van der Waals surface area contributed by atoms with Crippen molar-refractivity contribution in [2.75, 3.05) is 5.32 Å². The molecule has 0 aromatic heterocycles. The number of amides is 1. The van der Waals surface area contributed by atoms with Gasteiger partial charge < -0.3 is 0 Å². The van der Waals surface area contributed by atoms with E-state index >= 15 is 0 Å². The first-order valence-corrected chi connectivity index (χ1v) is 7.44. The van der Waals surface area contributed by atoms with E-state index in [1.165, 1.54) is 19.1 Å². The van der Waals surface area contributed by atoms with E-state index in [1.807, 2.05) is 0 Å². The summed E-state index contributed by atoms with van der Waals surface area (Å²) in [6, 6.07) is 6.15. The van der Waals surface area contributed by atoms with Crippen LogP contribution in [-0.4, -0.2) is 26.5 Å². The predicted octanol–water partition coefficient (Wildman–Crippen LogP) is -4.13. The molecule has 1 aromatic rings. The van der Waals surface area contributed by atoms with Crippen LogP contribution >= 0.6 is 0 Å². The maximum absolute atomic E-state index is 10.6. The molecule has 1 atom stereocenters. The van der Waals surface area contributed by atoms with Crippen molar-refractivity contribution in [3.63, 3.8) is 0 Å². The Kier molecular flexibility index (Phi) is 6.83. The molecule has 0 saturated heterocycles. The molecular formula is C8H9NNaO3Sb. The molecule has 0 fully saturated rings. The number of rotatable bonds is 2. The van der Waals surface area contributed by atoms with Crippen molar-refractivity contribution in [1.82, 2.24) is 0 Å². The van der Waals surface area contributed by atoms with Crippen molar-refractivity contribution in [2.45, 2.75) is 6.92 Å². The van der Waals surface area contributed by atoms with E-state index in [4.69, 9.17) is 0 Å². The van der Waals surface area contributed by atoms with Crippen molar-refractivity contribution in [1.29, 1.82) is 0 Å². The van der Waals surface area contributed by atoms with Crippen LogP contribution < -0.4 is 41.8 Å². The van der Waals surface area contributed by atoms with Crippen LogP contribution in [0.4, 0.5) is 5.69 Å². The van der Waals surface area contributed by atoms with E-state index in [1.54, 1.807) is 12.1 Å². The van der Waals surface area contributed by atoms with Gasteiger partial charge >= 0.3 is 113 Å². The second kappa shape index (κ2) is 6.70. The Labute approximate surface area is 112 Å². The number of benzene rings is 1. The van der Waals surface area contributed by atoms with Gasteiger partial charge in [0.25, 0.3) is 0 Å². The Hall–Kier alpha value is 0.268. The molecule has 6 heteroatoms. The van der Waals surface area contributed by atoms with Crippen molar-refractivity contribution in [2.24, 2.45) is 0 Å². The van der Waals surface area contributed by atoms with Crippen LogP contribution in [0.5, 0.6) is 0 Å². The van der Waals surface area contributed by atoms with Gasteiger partial charge in [-0.15, -0.1) is 0 Å². The third kappa shape index (κ3) is 4.67. The molecule has 1 N–H and O–H groups in total. The standard InChI is InChI=1S/C8H8NO.Na.2O.Sb.H/c1-7(10)9-8-5-3-2-4-6-8;;;;;/h3-6H,1H3,(H,9,10);;;;;/q;+1;;-1;;. The fourth-order valence-corrected chi connectivity index (χ4v) is 2.15. The van der Waals surface area contributed by atoms with Gasteiger partial charge in [0.15, 0.2) is 0 Å². The molecule has 1 aromatic carbocycles. The van der Waals surface area contributed by atoms with Crippen molar-refractivity contribution in [3.8, 4) is 0 Å². The van der Waals surface area contributed by atoms with Crippen LogP contribution in [0, 0.1) is 0 Å². The topological polar surface area (TPSA) is 69.2 Å². The zero-order valence-corrected chi connectivity index (χ0v) is 12.9. The van der Waals surface area contributed by atoms with Gasteiger partial charge in [0.05, 0.1) is 0 Å². The molecule has 0 aliphatic rings. The summed E-state index contributed by atoms with van der Waals surface area (Å²) >= 11 is -3.71. The average molecular weight is 312 g/mol. The smallest absolute Gasteiger partial charge is 1.00 e. The Bertz CT molecular complexity index is 339. The Morgan fingerprint density at radius 2 is 1.86 bits per heavy atom. The Morgan fingerprint density at radius 1 is 1.36 bits per heavy atom. The fourth-order valence-electron chi connectivity index (χ4n) is 0.893. The summed E-state index contributed by atoms with van der Waals surface area (Å²) in [6.07, 6.45) is 0. The van der Waals surface area contributed by atoms with Crippen molar-refractivity contribution in [3.05, 3.63) is 24.3 Å². The normalized spacial score (nSPS) is 11.3. The minimum absolute atomic E-state index is 0.